The third-order valence-electron chi connectivity index (χ3n) is 4.13. The molecule has 3 rings (SSSR count). The summed E-state index contributed by atoms with van der Waals surface area (Å²) in [4.78, 5) is 23.9. The first kappa shape index (κ1) is 17.0. The van der Waals surface area contributed by atoms with Gasteiger partial charge >= 0.3 is 6.18 Å². The van der Waals surface area contributed by atoms with Gasteiger partial charge in [-0.15, -0.1) is 0 Å². The molecule has 4 nitrogen and oxygen atoms in total. The summed E-state index contributed by atoms with van der Waals surface area (Å²) in [6, 6.07) is 13.5. The van der Waals surface area contributed by atoms with Crippen LogP contribution in [0.4, 0.5) is 13.2 Å². The fourth-order valence-corrected chi connectivity index (χ4v) is 2.78. The highest BCUT2D eigenvalue weighted by Crippen LogP contribution is 2.50. The number of carbonyl (C=O) groups is 2. The van der Waals surface area contributed by atoms with Crippen LogP contribution in [0.3, 0.4) is 0 Å². The van der Waals surface area contributed by atoms with Gasteiger partial charge in [0.05, 0.1) is 5.56 Å². The number of amides is 2. The molecule has 2 aromatic rings. The normalized spacial score (nSPS) is 19.2. The van der Waals surface area contributed by atoms with E-state index < -0.39 is 35.4 Å². The largest absolute Gasteiger partial charge is 0.416 e. The maximum absolute atomic E-state index is 13.0. The Morgan fingerprint density at radius 1 is 0.920 bits per heavy atom. The van der Waals surface area contributed by atoms with Crippen LogP contribution in [0.15, 0.2) is 54.6 Å². The number of hydrogen-bond acceptors (Lipinski definition) is 2. The first-order valence-electron chi connectivity index (χ1n) is 7.69. The zero-order chi connectivity index (χ0) is 18.0. The van der Waals surface area contributed by atoms with Gasteiger partial charge in [-0.1, -0.05) is 36.4 Å². The first-order chi connectivity index (χ1) is 11.9. The highest BCUT2D eigenvalue weighted by Gasteiger charge is 2.47. The molecule has 130 valence electrons. The van der Waals surface area contributed by atoms with Crippen LogP contribution in [-0.2, 0) is 11.0 Å². The molecule has 2 aromatic carbocycles. The standard InChI is InChI=1S/C18H15F3N2O2/c19-18(20,21)15-9-5-4-8-12(15)13-10-14(13)17(25)23-22-16(24)11-6-2-1-3-7-11/h1-9,13-14H,10H2,(H,22,24)(H,23,25). The summed E-state index contributed by atoms with van der Waals surface area (Å²) in [5, 5.41) is 0. The Morgan fingerprint density at radius 3 is 2.24 bits per heavy atom. The predicted molar refractivity (Wildman–Crippen MR) is 84.3 cm³/mol. The summed E-state index contributed by atoms with van der Waals surface area (Å²) in [7, 11) is 0. The van der Waals surface area contributed by atoms with Crippen molar-refractivity contribution in [3.05, 3.63) is 71.3 Å². The molecule has 7 heteroatoms. The number of carbonyl (C=O) groups excluding carboxylic acids is 2. The third-order valence-corrected chi connectivity index (χ3v) is 4.13. The van der Waals surface area contributed by atoms with Crippen molar-refractivity contribution >= 4 is 11.8 Å². The SMILES string of the molecule is O=C(NNC(=O)C1CC1c1ccccc1C(F)(F)F)c1ccccc1. The summed E-state index contributed by atoms with van der Waals surface area (Å²) >= 11 is 0. The van der Waals surface area contributed by atoms with Crippen LogP contribution in [0.2, 0.25) is 0 Å². The Labute approximate surface area is 142 Å². The van der Waals surface area contributed by atoms with Gasteiger partial charge in [-0.05, 0) is 36.1 Å². The lowest BCUT2D eigenvalue weighted by molar-refractivity contribution is -0.138. The molecule has 1 aliphatic carbocycles. The average molecular weight is 348 g/mol. The average Bonchev–Trinajstić information content (AvgIpc) is 3.40. The Balaban J connectivity index is 1.61. The maximum Gasteiger partial charge on any atom is 0.416 e. The van der Waals surface area contributed by atoms with Gasteiger partial charge in [-0.25, -0.2) is 0 Å². The molecule has 0 bridgehead atoms. The van der Waals surface area contributed by atoms with E-state index in [1.807, 2.05) is 0 Å². The van der Waals surface area contributed by atoms with Crippen LogP contribution < -0.4 is 10.9 Å². The van der Waals surface area contributed by atoms with E-state index in [0.717, 1.165) is 6.07 Å². The molecule has 0 saturated heterocycles. The molecular formula is C18H15F3N2O2. The van der Waals surface area contributed by atoms with Gasteiger partial charge < -0.3 is 0 Å². The van der Waals surface area contributed by atoms with Crippen molar-refractivity contribution in [3.8, 4) is 0 Å². The van der Waals surface area contributed by atoms with Gasteiger partial charge in [0.1, 0.15) is 0 Å². The number of benzene rings is 2. The number of halogens is 3. The molecule has 0 spiro atoms. The predicted octanol–water partition coefficient (Wildman–Crippen LogP) is 3.27. The summed E-state index contributed by atoms with van der Waals surface area (Å²) in [5.41, 5.74) is 4.33. The summed E-state index contributed by atoms with van der Waals surface area (Å²) in [5.74, 6) is -2.06. The summed E-state index contributed by atoms with van der Waals surface area (Å²) in [6.07, 6.45) is -4.14. The Bertz CT molecular complexity index is 790. The Hall–Kier alpha value is -2.83. The maximum atomic E-state index is 13.0. The van der Waals surface area contributed by atoms with Crippen molar-refractivity contribution < 1.29 is 22.8 Å². The molecule has 25 heavy (non-hydrogen) atoms. The number of hydrazine groups is 1. The van der Waals surface area contributed by atoms with Crippen LogP contribution in [0.5, 0.6) is 0 Å². The number of hydrogen-bond donors (Lipinski definition) is 2. The van der Waals surface area contributed by atoms with Crippen molar-refractivity contribution in [3.63, 3.8) is 0 Å². The van der Waals surface area contributed by atoms with Crippen molar-refractivity contribution in [2.24, 2.45) is 5.92 Å². The molecule has 2 unspecified atom stereocenters. The lowest BCUT2D eigenvalue weighted by atomic mass is 10.0. The van der Waals surface area contributed by atoms with Crippen LogP contribution in [0.25, 0.3) is 0 Å². The van der Waals surface area contributed by atoms with Gasteiger partial charge in [0.2, 0.25) is 5.91 Å². The van der Waals surface area contributed by atoms with Crippen LogP contribution in [-0.4, -0.2) is 11.8 Å². The lowest BCUT2D eigenvalue weighted by Crippen LogP contribution is -2.42. The van der Waals surface area contributed by atoms with Crippen molar-refractivity contribution in [2.45, 2.75) is 18.5 Å². The second-order valence-electron chi connectivity index (χ2n) is 5.84. The minimum atomic E-state index is -4.46. The topological polar surface area (TPSA) is 58.2 Å². The van der Waals surface area contributed by atoms with Gasteiger partial charge in [0.15, 0.2) is 0 Å². The molecule has 1 saturated carbocycles. The van der Waals surface area contributed by atoms with E-state index in [9.17, 15) is 22.8 Å². The second kappa shape index (κ2) is 6.58. The van der Waals surface area contributed by atoms with Crippen molar-refractivity contribution in [1.29, 1.82) is 0 Å². The van der Waals surface area contributed by atoms with Crippen LogP contribution in [0.1, 0.15) is 33.8 Å². The summed E-state index contributed by atoms with van der Waals surface area (Å²) in [6.45, 7) is 0. The van der Waals surface area contributed by atoms with E-state index in [0.29, 0.717) is 12.0 Å². The monoisotopic (exact) mass is 348 g/mol. The lowest BCUT2D eigenvalue weighted by Gasteiger charge is -2.12. The minimum Gasteiger partial charge on any atom is -0.273 e. The fourth-order valence-electron chi connectivity index (χ4n) is 2.78. The molecule has 2 amide bonds. The molecule has 1 aliphatic rings. The molecule has 1 fully saturated rings. The minimum absolute atomic E-state index is 0.115. The van der Waals surface area contributed by atoms with E-state index >= 15 is 0 Å². The molecule has 0 heterocycles. The van der Waals surface area contributed by atoms with Crippen LogP contribution in [0, 0.1) is 5.92 Å². The Kier molecular flexibility index (Phi) is 4.48. The zero-order valence-corrected chi connectivity index (χ0v) is 13.0. The van der Waals surface area contributed by atoms with Crippen molar-refractivity contribution in [2.75, 3.05) is 0 Å². The van der Waals surface area contributed by atoms with Gasteiger partial charge in [-0.2, -0.15) is 13.2 Å². The highest BCUT2D eigenvalue weighted by atomic mass is 19.4. The third kappa shape index (κ3) is 3.81. The van der Waals surface area contributed by atoms with Gasteiger partial charge in [0, 0.05) is 11.5 Å². The molecule has 0 aromatic heterocycles. The van der Waals surface area contributed by atoms with E-state index in [-0.39, 0.29) is 5.56 Å². The molecular weight excluding hydrogens is 333 g/mol. The quantitative estimate of drug-likeness (QED) is 0.837. The molecule has 0 aliphatic heterocycles. The highest BCUT2D eigenvalue weighted by molar-refractivity contribution is 5.95. The van der Waals surface area contributed by atoms with Crippen molar-refractivity contribution in [1.82, 2.24) is 10.9 Å². The Morgan fingerprint density at radius 2 is 1.56 bits per heavy atom. The van der Waals surface area contributed by atoms with E-state index in [2.05, 4.69) is 10.9 Å². The number of alkyl halides is 3. The first-order valence-corrected chi connectivity index (χ1v) is 7.69. The number of nitrogens with one attached hydrogen (secondary N) is 2. The van der Waals surface area contributed by atoms with Crippen LogP contribution >= 0.6 is 0 Å². The van der Waals surface area contributed by atoms with Gasteiger partial charge in [0.25, 0.3) is 5.91 Å². The van der Waals surface area contributed by atoms with E-state index in [1.165, 1.54) is 18.2 Å². The smallest absolute Gasteiger partial charge is 0.273 e. The molecule has 2 N–H and O–H groups in total. The number of rotatable bonds is 3. The summed E-state index contributed by atoms with van der Waals surface area (Å²) < 4.78 is 39.1. The second-order valence-corrected chi connectivity index (χ2v) is 5.84. The fraction of sp³-hybridized carbons (Fsp3) is 0.222. The van der Waals surface area contributed by atoms with Gasteiger partial charge in [-0.3, -0.25) is 20.4 Å². The molecule has 2 atom stereocenters. The van der Waals surface area contributed by atoms with E-state index in [1.54, 1.807) is 30.3 Å². The zero-order valence-electron chi connectivity index (χ0n) is 13.0. The molecule has 0 radical (unpaired) electrons. The van der Waals surface area contributed by atoms with E-state index in [4.69, 9.17) is 0 Å².